The van der Waals surface area contributed by atoms with Crippen molar-refractivity contribution in [2.24, 2.45) is 0 Å². The molecule has 1 fully saturated rings. The van der Waals surface area contributed by atoms with E-state index in [0.29, 0.717) is 41.7 Å². The summed E-state index contributed by atoms with van der Waals surface area (Å²) in [6.07, 6.45) is 3.67. The molecule has 11 nitrogen and oxygen atoms in total. The summed E-state index contributed by atoms with van der Waals surface area (Å²) >= 11 is 0. The van der Waals surface area contributed by atoms with E-state index in [9.17, 15) is 26.4 Å². The Hall–Kier alpha value is -4.66. The van der Waals surface area contributed by atoms with E-state index in [1.165, 1.54) is 0 Å². The number of anilines is 3. The summed E-state index contributed by atoms with van der Waals surface area (Å²) in [6.45, 7) is 0.872. The molecule has 7 rings (SSSR count). The first-order valence-electron chi connectivity index (χ1n) is 14.3. The lowest BCUT2D eigenvalue weighted by Gasteiger charge is -2.41. The summed E-state index contributed by atoms with van der Waals surface area (Å²) in [7, 11) is -4.53. The number of nitrogens with one attached hydrogen (secondary N) is 1. The maximum atomic E-state index is 14.7. The number of sulfone groups is 1. The fraction of sp³-hybridized carbons (Fsp3) is 0.333. The predicted octanol–water partition coefficient (Wildman–Crippen LogP) is 4.02. The number of carbonyl (C=O) groups excluding carboxylic acids is 1. The van der Waals surface area contributed by atoms with Crippen LogP contribution in [0.1, 0.15) is 28.9 Å². The van der Waals surface area contributed by atoms with Crippen molar-refractivity contribution in [2.75, 3.05) is 42.8 Å². The monoisotopic (exact) mass is 640 g/mol. The highest BCUT2D eigenvalue weighted by Crippen LogP contribution is 2.39. The zero-order valence-corrected chi connectivity index (χ0v) is 24.6. The minimum Gasteiger partial charge on any atom is -0.489 e. The number of rotatable bonds is 6. The molecule has 0 saturated carbocycles. The highest BCUT2D eigenvalue weighted by atomic mass is 32.2. The van der Waals surface area contributed by atoms with Crippen LogP contribution in [-0.2, 0) is 16.4 Å². The van der Waals surface area contributed by atoms with Crippen LogP contribution in [0.25, 0.3) is 10.9 Å². The molecule has 0 aliphatic carbocycles. The van der Waals surface area contributed by atoms with Gasteiger partial charge in [0.15, 0.2) is 23.1 Å². The molecular weight excluding hydrogens is 613 g/mol. The zero-order valence-electron chi connectivity index (χ0n) is 23.7. The molecule has 234 valence electrons. The topological polar surface area (TPSA) is 127 Å². The minimum absolute atomic E-state index is 0.0739. The van der Waals surface area contributed by atoms with E-state index >= 15 is 0 Å². The number of aromatic nitrogens is 3. The van der Waals surface area contributed by atoms with Crippen molar-refractivity contribution in [3.05, 3.63) is 65.9 Å². The number of hydrogen-bond donors (Lipinski definition) is 1. The molecule has 15 heteroatoms. The van der Waals surface area contributed by atoms with Gasteiger partial charge in [-0.05, 0) is 36.8 Å². The largest absolute Gasteiger partial charge is 0.489 e. The smallest absolute Gasteiger partial charge is 0.251 e. The molecule has 0 unspecified atom stereocenters. The molecule has 4 aromatic rings. The lowest BCUT2D eigenvalue weighted by Crippen LogP contribution is -2.49. The molecule has 3 aliphatic heterocycles. The molecule has 1 N–H and O–H groups in total. The second-order valence-electron chi connectivity index (χ2n) is 10.9. The van der Waals surface area contributed by atoms with E-state index in [4.69, 9.17) is 14.5 Å². The lowest BCUT2D eigenvalue weighted by molar-refractivity contribution is 0.0949. The van der Waals surface area contributed by atoms with Gasteiger partial charge in [-0.2, -0.15) is 0 Å². The van der Waals surface area contributed by atoms with E-state index in [2.05, 4.69) is 15.3 Å². The van der Waals surface area contributed by atoms with Crippen LogP contribution >= 0.6 is 0 Å². The van der Waals surface area contributed by atoms with E-state index < -0.39 is 50.8 Å². The Bertz CT molecular complexity index is 1930. The number of pyridine rings is 3. The van der Waals surface area contributed by atoms with E-state index in [1.54, 1.807) is 18.5 Å². The van der Waals surface area contributed by atoms with Crippen molar-refractivity contribution in [3.63, 3.8) is 0 Å². The minimum atomic E-state index is -4.53. The van der Waals surface area contributed by atoms with Crippen LogP contribution in [0.2, 0.25) is 0 Å². The highest BCUT2D eigenvalue weighted by molar-refractivity contribution is 7.92. The molecule has 0 bridgehead atoms. The van der Waals surface area contributed by atoms with Gasteiger partial charge in [0.2, 0.25) is 15.3 Å². The first-order valence-corrected chi connectivity index (χ1v) is 15.9. The number of amides is 1. The second kappa shape index (κ2) is 11.4. The zero-order chi connectivity index (χ0) is 31.3. The first kappa shape index (κ1) is 29.1. The average Bonchev–Trinajstić information content (AvgIpc) is 3.13. The van der Waals surface area contributed by atoms with Crippen molar-refractivity contribution in [3.8, 4) is 11.5 Å². The van der Waals surface area contributed by atoms with Gasteiger partial charge in [-0.25, -0.2) is 31.6 Å². The van der Waals surface area contributed by atoms with Crippen LogP contribution in [0.3, 0.4) is 0 Å². The fourth-order valence-corrected chi connectivity index (χ4v) is 6.96. The van der Waals surface area contributed by atoms with Gasteiger partial charge in [0.25, 0.3) is 5.91 Å². The van der Waals surface area contributed by atoms with Crippen LogP contribution in [0.5, 0.6) is 11.5 Å². The van der Waals surface area contributed by atoms with Gasteiger partial charge in [-0.15, -0.1) is 0 Å². The van der Waals surface area contributed by atoms with Gasteiger partial charge in [0.05, 0.1) is 48.8 Å². The van der Waals surface area contributed by atoms with E-state index in [-0.39, 0.29) is 24.8 Å². The fourth-order valence-electron chi connectivity index (χ4n) is 5.57. The standard InChI is InChI=1S/C30H27F3N6O5S/c31-13-20-3-5-38(20)21-12-24-29(35-16-21)39(6-8-43-24)27-2-1-17-14-34-19(11-23(17)37-27)15-36-30(40)18-9-22(32)28-25(10-18)45(41,42)26(33)4-7-44-28/h1-2,9-12,14,16,20,26H,3-8,13,15H2,(H,36,40)/t20-,26+/m0/s1. The molecule has 1 amide bonds. The van der Waals surface area contributed by atoms with Gasteiger partial charge in [-0.3, -0.25) is 9.78 Å². The second-order valence-corrected chi connectivity index (χ2v) is 12.9. The molecule has 2 atom stereocenters. The third-order valence-corrected chi connectivity index (χ3v) is 9.95. The van der Waals surface area contributed by atoms with E-state index in [1.807, 2.05) is 28.0 Å². The van der Waals surface area contributed by atoms with Crippen molar-refractivity contribution in [1.29, 1.82) is 0 Å². The number of nitrogens with zero attached hydrogens (tertiary/aromatic N) is 5. The SMILES string of the molecule is O=C(NCc1cc2nc(N3CCOc4cc(N5CC[C@H]5CF)cnc43)ccc2cn1)c1cc(F)c2c(c1)S(=O)(=O)[C@@H](F)CCO2. The number of hydrogen-bond acceptors (Lipinski definition) is 10. The summed E-state index contributed by atoms with van der Waals surface area (Å²) in [5, 5.41) is 3.35. The van der Waals surface area contributed by atoms with Crippen LogP contribution in [0.15, 0.2) is 53.7 Å². The number of ether oxygens (including phenoxy) is 2. The van der Waals surface area contributed by atoms with Crippen molar-refractivity contribution < 1.29 is 35.9 Å². The molecule has 3 aromatic heterocycles. The van der Waals surface area contributed by atoms with Gasteiger partial charge in [-0.1, -0.05) is 0 Å². The van der Waals surface area contributed by atoms with Gasteiger partial charge in [0.1, 0.15) is 24.0 Å². The van der Waals surface area contributed by atoms with Crippen molar-refractivity contribution >= 4 is 44.0 Å². The maximum absolute atomic E-state index is 14.7. The Balaban J connectivity index is 1.10. The quantitative estimate of drug-likeness (QED) is 0.330. The third kappa shape index (κ3) is 5.24. The van der Waals surface area contributed by atoms with Crippen LogP contribution in [-0.4, -0.2) is 73.8 Å². The number of halogens is 3. The van der Waals surface area contributed by atoms with Crippen molar-refractivity contribution in [2.45, 2.75) is 35.8 Å². The average molecular weight is 641 g/mol. The normalized spacial score (nSPS) is 20.2. The van der Waals surface area contributed by atoms with Crippen LogP contribution < -0.4 is 24.6 Å². The van der Waals surface area contributed by atoms with Gasteiger partial charge in [0, 0.05) is 36.2 Å². The Morgan fingerprint density at radius 2 is 1.91 bits per heavy atom. The Morgan fingerprint density at radius 1 is 1.04 bits per heavy atom. The lowest BCUT2D eigenvalue weighted by atomic mass is 10.0. The number of benzene rings is 1. The molecule has 1 aromatic carbocycles. The maximum Gasteiger partial charge on any atom is 0.251 e. The predicted molar refractivity (Wildman–Crippen MR) is 158 cm³/mol. The molecule has 6 heterocycles. The third-order valence-electron chi connectivity index (χ3n) is 8.13. The molecular formula is C30H27F3N6O5S. The van der Waals surface area contributed by atoms with Crippen LogP contribution in [0, 0.1) is 5.82 Å². The van der Waals surface area contributed by atoms with Crippen LogP contribution in [0.4, 0.5) is 30.5 Å². The van der Waals surface area contributed by atoms with Gasteiger partial charge < -0.3 is 24.6 Å². The summed E-state index contributed by atoms with van der Waals surface area (Å²) < 4.78 is 78.3. The molecule has 0 spiro atoms. The Kier molecular flexibility index (Phi) is 7.34. The summed E-state index contributed by atoms with van der Waals surface area (Å²) in [5.74, 6) is -0.648. The Labute approximate surface area is 255 Å². The first-order chi connectivity index (χ1) is 21.7. The highest BCUT2D eigenvalue weighted by Gasteiger charge is 2.36. The summed E-state index contributed by atoms with van der Waals surface area (Å²) in [5.41, 5.74) is -0.724. The number of alkyl halides is 2. The Morgan fingerprint density at radius 3 is 2.71 bits per heavy atom. The van der Waals surface area contributed by atoms with Crippen molar-refractivity contribution in [1.82, 2.24) is 20.3 Å². The number of fused-ring (bicyclic) bond motifs is 3. The number of carbonyl (C=O) groups is 1. The summed E-state index contributed by atoms with van der Waals surface area (Å²) in [6, 6.07) is 8.90. The molecule has 45 heavy (non-hydrogen) atoms. The molecule has 0 radical (unpaired) electrons. The molecule has 3 aliphatic rings. The van der Waals surface area contributed by atoms with E-state index in [0.717, 1.165) is 36.2 Å². The van der Waals surface area contributed by atoms with Gasteiger partial charge >= 0.3 is 0 Å². The molecule has 1 saturated heterocycles. The summed E-state index contributed by atoms with van der Waals surface area (Å²) in [4.78, 5) is 29.9.